The predicted molar refractivity (Wildman–Crippen MR) is 107 cm³/mol. The summed E-state index contributed by atoms with van der Waals surface area (Å²) in [5, 5.41) is 3.90. The molecule has 33 heavy (non-hydrogen) atoms. The summed E-state index contributed by atoms with van der Waals surface area (Å²) in [4.78, 5) is 17.8. The second kappa shape index (κ2) is 9.19. The molecule has 4 N–H and O–H groups in total. The van der Waals surface area contributed by atoms with E-state index in [4.69, 9.17) is 4.74 Å². The van der Waals surface area contributed by atoms with E-state index >= 15 is 0 Å². The first-order valence-corrected chi connectivity index (χ1v) is 10.9. The Morgan fingerprint density at radius 2 is 1.85 bits per heavy atom. The topological polar surface area (TPSA) is 125 Å². The van der Waals surface area contributed by atoms with Crippen molar-refractivity contribution in [1.82, 2.24) is 20.0 Å². The molecule has 1 aromatic carbocycles. The van der Waals surface area contributed by atoms with Gasteiger partial charge in [0.25, 0.3) is 0 Å². The highest BCUT2D eigenvalue weighted by atomic mass is 32.2. The van der Waals surface area contributed by atoms with Gasteiger partial charge in [0, 0.05) is 43.3 Å². The minimum absolute atomic E-state index is 0.110. The van der Waals surface area contributed by atoms with Crippen LogP contribution in [-0.4, -0.2) is 43.8 Å². The Kier molecular flexibility index (Phi) is 6.73. The van der Waals surface area contributed by atoms with E-state index in [1.807, 2.05) is 0 Å². The highest BCUT2D eigenvalue weighted by Crippen LogP contribution is 2.40. The third kappa shape index (κ3) is 6.07. The normalized spacial score (nSPS) is 12.1. The van der Waals surface area contributed by atoms with E-state index in [-0.39, 0.29) is 24.4 Å². The number of nitrogens with zero attached hydrogens (tertiary/aromatic N) is 1. The Morgan fingerprint density at radius 3 is 2.45 bits per heavy atom. The monoisotopic (exact) mass is 493 g/mol. The van der Waals surface area contributed by atoms with Crippen LogP contribution in [0.15, 0.2) is 30.6 Å². The van der Waals surface area contributed by atoms with Crippen LogP contribution in [0.4, 0.5) is 32.4 Å². The average molecular weight is 493 g/mol. The minimum atomic E-state index is -4.77. The zero-order valence-corrected chi connectivity index (χ0v) is 17.5. The lowest BCUT2D eigenvalue weighted by Crippen LogP contribution is -2.36. The number of carbonyl (C=O) groups excluding carboxylic acids is 1. The predicted octanol–water partition coefficient (Wildman–Crippen LogP) is 3.32. The number of carbonyl (C=O) groups is 1. The summed E-state index contributed by atoms with van der Waals surface area (Å²) in [6, 6.07) is 1.55. The van der Waals surface area contributed by atoms with Crippen LogP contribution in [0.5, 0.6) is 11.5 Å². The number of pyridine rings is 1. The molecule has 2 heterocycles. The highest BCUT2D eigenvalue weighted by molar-refractivity contribution is 7.88. The number of amides is 2. The molecule has 3 aromatic rings. The fourth-order valence-electron chi connectivity index (χ4n) is 2.76. The van der Waals surface area contributed by atoms with Crippen LogP contribution >= 0.6 is 0 Å². The van der Waals surface area contributed by atoms with Crippen LogP contribution in [-0.2, 0) is 16.2 Å². The first-order chi connectivity index (χ1) is 15.3. The van der Waals surface area contributed by atoms with Gasteiger partial charge in [-0.3, -0.25) is 0 Å². The van der Waals surface area contributed by atoms with Crippen molar-refractivity contribution in [3.63, 3.8) is 0 Å². The van der Waals surface area contributed by atoms with Gasteiger partial charge in [0.15, 0.2) is 17.4 Å². The van der Waals surface area contributed by atoms with Crippen LogP contribution in [0, 0.1) is 11.6 Å². The van der Waals surface area contributed by atoms with Gasteiger partial charge in [-0.2, -0.15) is 13.2 Å². The molecular formula is C18H16F5N5O4S. The number of sulfonamides is 1. The maximum absolute atomic E-state index is 14.5. The molecule has 15 heteroatoms. The standard InChI is InChI=1S/C18H16F5N5O4S/c1-33(30,31)27-5-4-25-17(29)28-9-6-11(19)15(12(20)7-9)32-13-2-3-24-16-14(13)10(8-26-16)18(21,22)23/h2-3,6-8,27H,4-5H2,1H3,(H,24,26)(H2,25,28,29). The van der Waals surface area contributed by atoms with Crippen molar-refractivity contribution in [2.45, 2.75) is 6.18 Å². The second-order valence-corrected chi connectivity index (χ2v) is 8.48. The lowest BCUT2D eigenvalue weighted by molar-refractivity contribution is -0.136. The van der Waals surface area contributed by atoms with Gasteiger partial charge in [0.1, 0.15) is 11.4 Å². The van der Waals surface area contributed by atoms with Crippen molar-refractivity contribution in [3.05, 3.63) is 47.8 Å². The molecular weight excluding hydrogens is 477 g/mol. The molecule has 0 unspecified atom stereocenters. The fraction of sp³-hybridized carbons (Fsp3) is 0.222. The van der Waals surface area contributed by atoms with Crippen molar-refractivity contribution in [2.75, 3.05) is 24.7 Å². The maximum atomic E-state index is 14.5. The quantitative estimate of drug-likeness (QED) is 0.297. The number of fused-ring (bicyclic) bond motifs is 1. The number of nitrogens with one attached hydrogen (secondary N) is 4. The van der Waals surface area contributed by atoms with Crippen molar-refractivity contribution in [3.8, 4) is 11.5 Å². The Morgan fingerprint density at radius 1 is 1.18 bits per heavy atom. The third-order valence-corrected chi connectivity index (χ3v) is 4.81. The first-order valence-electron chi connectivity index (χ1n) is 9.05. The summed E-state index contributed by atoms with van der Waals surface area (Å²) in [7, 11) is -3.45. The molecule has 178 valence electrons. The number of anilines is 1. The van der Waals surface area contributed by atoms with Crippen molar-refractivity contribution < 1.29 is 39.9 Å². The number of urea groups is 1. The fourth-order valence-corrected chi connectivity index (χ4v) is 3.24. The number of hydrogen-bond donors (Lipinski definition) is 4. The van der Waals surface area contributed by atoms with Gasteiger partial charge < -0.3 is 20.4 Å². The molecule has 0 fully saturated rings. The van der Waals surface area contributed by atoms with Gasteiger partial charge in [-0.25, -0.2) is 31.7 Å². The molecule has 0 saturated carbocycles. The molecule has 0 spiro atoms. The summed E-state index contributed by atoms with van der Waals surface area (Å²) in [5.41, 5.74) is -1.63. The van der Waals surface area contributed by atoms with E-state index in [1.54, 1.807) is 0 Å². The van der Waals surface area contributed by atoms with E-state index in [0.717, 1.165) is 18.5 Å². The molecule has 0 atom stereocenters. The van der Waals surface area contributed by atoms with Crippen molar-refractivity contribution in [2.24, 2.45) is 0 Å². The van der Waals surface area contributed by atoms with Gasteiger partial charge in [-0.1, -0.05) is 0 Å². The number of aromatic nitrogens is 2. The number of halogens is 5. The van der Waals surface area contributed by atoms with Gasteiger partial charge in [-0.15, -0.1) is 0 Å². The van der Waals surface area contributed by atoms with Crippen LogP contribution in [0.25, 0.3) is 11.0 Å². The number of benzene rings is 1. The molecule has 2 aromatic heterocycles. The summed E-state index contributed by atoms with van der Waals surface area (Å²) in [6.07, 6.45) is -2.08. The Bertz CT molecular complexity index is 1270. The molecule has 0 aliphatic carbocycles. The summed E-state index contributed by atoms with van der Waals surface area (Å²) in [5.74, 6) is -4.06. The zero-order valence-electron chi connectivity index (χ0n) is 16.7. The molecule has 9 nitrogen and oxygen atoms in total. The number of hydrogen-bond acceptors (Lipinski definition) is 5. The Hall–Kier alpha value is -3.46. The van der Waals surface area contributed by atoms with E-state index in [2.05, 4.69) is 25.3 Å². The number of aromatic amines is 1. The molecule has 0 saturated heterocycles. The number of ether oxygens (including phenoxy) is 1. The first kappa shape index (κ1) is 24.2. The maximum Gasteiger partial charge on any atom is 0.418 e. The largest absolute Gasteiger partial charge is 0.450 e. The zero-order chi connectivity index (χ0) is 24.4. The van der Waals surface area contributed by atoms with Gasteiger partial charge in [0.05, 0.1) is 17.2 Å². The van der Waals surface area contributed by atoms with E-state index in [1.165, 1.54) is 0 Å². The van der Waals surface area contributed by atoms with E-state index in [9.17, 15) is 35.2 Å². The summed E-state index contributed by atoms with van der Waals surface area (Å²) in [6.45, 7) is -0.220. The van der Waals surface area contributed by atoms with Crippen LogP contribution in [0.1, 0.15) is 5.56 Å². The van der Waals surface area contributed by atoms with Gasteiger partial charge in [-0.05, 0) is 6.07 Å². The SMILES string of the molecule is CS(=O)(=O)NCCNC(=O)Nc1cc(F)c(Oc2ccnc3[nH]cc(C(F)(F)F)c23)c(F)c1. The van der Waals surface area contributed by atoms with Gasteiger partial charge >= 0.3 is 12.2 Å². The van der Waals surface area contributed by atoms with Crippen LogP contribution in [0.2, 0.25) is 0 Å². The van der Waals surface area contributed by atoms with Crippen molar-refractivity contribution >= 4 is 32.8 Å². The summed E-state index contributed by atoms with van der Waals surface area (Å²) < 4.78 is 97.8. The Labute approximate surface area is 183 Å². The molecule has 0 radical (unpaired) electrons. The van der Waals surface area contributed by atoms with Crippen LogP contribution in [0.3, 0.4) is 0 Å². The van der Waals surface area contributed by atoms with Crippen LogP contribution < -0.4 is 20.1 Å². The number of H-pyrrole nitrogens is 1. The molecule has 0 bridgehead atoms. The lowest BCUT2D eigenvalue weighted by atomic mass is 10.2. The number of rotatable bonds is 7. The lowest BCUT2D eigenvalue weighted by Gasteiger charge is -2.13. The average Bonchev–Trinajstić information content (AvgIpc) is 3.13. The minimum Gasteiger partial charge on any atom is -0.450 e. The Balaban J connectivity index is 1.77. The highest BCUT2D eigenvalue weighted by Gasteiger charge is 2.35. The molecule has 0 aliphatic heterocycles. The molecule has 0 aliphatic rings. The van der Waals surface area contributed by atoms with Gasteiger partial charge in [0.2, 0.25) is 10.0 Å². The third-order valence-electron chi connectivity index (χ3n) is 4.08. The van der Waals surface area contributed by atoms with E-state index < -0.39 is 56.3 Å². The molecule has 2 amide bonds. The molecule has 3 rings (SSSR count). The smallest absolute Gasteiger partial charge is 0.418 e. The number of alkyl halides is 3. The van der Waals surface area contributed by atoms with Crippen molar-refractivity contribution in [1.29, 1.82) is 0 Å². The summed E-state index contributed by atoms with van der Waals surface area (Å²) >= 11 is 0. The van der Waals surface area contributed by atoms with E-state index in [0.29, 0.717) is 18.3 Å². The second-order valence-electron chi connectivity index (χ2n) is 6.65.